The maximum atomic E-state index is 11.9. The molecule has 4 nitrogen and oxygen atoms in total. The molecule has 0 aromatic heterocycles. The molecule has 0 unspecified atom stereocenters. The molecule has 0 radical (unpaired) electrons. The quantitative estimate of drug-likeness (QED) is 0.566. The first kappa shape index (κ1) is 12.4. The van der Waals surface area contributed by atoms with Crippen LogP contribution in [0.1, 0.15) is 13.8 Å². The van der Waals surface area contributed by atoms with E-state index in [0.717, 1.165) is 4.90 Å². The summed E-state index contributed by atoms with van der Waals surface area (Å²) in [6, 6.07) is 0. The van der Waals surface area contributed by atoms with Gasteiger partial charge in [-0.25, -0.2) is 0 Å². The van der Waals surface area contributed by atoms with E-state index in [1.54, 1.807) is 19.9 Å². The summed E-state index contributed by atoms with van der Waals surface area (Å²) in [4.78, 5) is 24.8. The lowest BCUT2D eigenvalue weighted by molar-refractivity contribution is -0.141. The summed E-state index contributed by atoms with van der Waals surface area (Å²) < 4.78 is 0. The van der Waals surface area contributed by atoms with Gasteiger partial charge < -0.3 is 5.11 Å². The van der Waals surface area contributed by atoms with E-state index in [-0.39, 0.29) is 19.1 Å². The minimum absolute atomic E-state index is 0.0135. The van der Waals surface area contributed by atoms with E-state index < -0.39 is 5.91 Å². The number of aliphatic hydroxyl groups is 1. The molecule has 1 N–H and O–H groups in total. The first-order valence-corrected chi connectivity index (χ1v) is 5.05. The van der Waals surface area contributed by atoms with Crippen LogP contribution in [0.5, 0.6) is 0 Å². The number of allylic oxidation sites excluding steroid dienone is 1. The molecule has 0 saturated carbocycles. The number of aliphatic hydroxyl groups excluding tert-OH is 1. The largest absolute Gasteiger partial charge is 0.395 e. The molecule has 1 aliphatic heterocycles. The number of carbonyl (C=O) groups is 2. The second kappa shape index (κ2) is 4.90. The van der Waals surface area contributed by atoms with Crippen LogP contribution in [-0.4, -0.2) is 35.0 Å². The van der Waals surface area contributed by atoms with Crippen LogP contribution < -0.4 is 0 Å². The molecular weight excluding hydrogens is 206 g/mol. The van der Waals surface area contributed by atoms with Crippen LogP contribution in [0.15, 0.2) is 35.5 Å². The summed E-state index contributed by atoms with van der Waals surface area (Å²) in [5, 5.41) is 8.83. The van der Waals surface area contributed by atoms with Gasteiger partial charge in [-0.1, -0.05) is 18.7 Å². The Labute approximate surface area is 94.6 Å². The molecule has 0 aromatic rings. The Morgan fingerprint density at radius 1 is 1.38 bits per heavy atom. The van der Waals surface area contributed by atoms with Crippen LogP contribution in [0.3, 0.4) is 0 Å². The van der Waals surface area contributed by atoms with Gasteiger partial charge in [0.25, 0.3) is 11.8 Å². The highest BCUT2D eigenvalue weighted by molar-refractivity contribution is 6.17. The lowest BCUT2D eigenvalue weighted by Gasteiger charge is -2.27. The molecule has 0 bridgehead atoms. The van der Waals surface area contributed by atoms with Crippen molar-refractivity contribution in [2.24, 2.45) is 0 Å². The van der Waals surface area contributed by atoms with Crippen LogP contribution in [0.2, 0.25) is 0 Å². The van der Waals surface area contributed by atoms with Gasteiger partial charge in [-0.2, -0.15) is 0 Å². The number of imide groups is 1. The highest BCUT2D eigenvalue weighted by Gasteiger charge is 2.32. The standard InChI is InChI=1S/C12H15NO3/c1-4-9-8(3)10(5-2)12(16)13(6-7-14)11(9)15/h4-5,14H,1,6-7H2,2-3H3/b10-5+. The van der Waals surface area contributed by atoms with Gasteiger partial charge in [0.2, 0.25) is 0 Å². The summed E-state index contributed by atoms with van der Waals surface area (Å²) in [5.41, 5.74) is 1.55. The van der Waals surface area contributed by atoms with E-state index in [2.05, 4.69) is 6.58 Å². The number of β-amino-alcohol motifs (C(OH)–C–C–N with tert-alkyl or cyclic N) is 1. The Kier molecular flexibility index (Phi) is 3.79. The van der Waals surface area contributed by atoms with E-state index in [1.165, 1.54) is 6.08 Å². The second-order valence-electron chi connectivity index (χ2n) is 3.43. The molecule has 1 rings (SSSR count). The molecule has 0 fully saturated rings. The molecule has 86 valence electrons. The van der Waals surface area contributed by atoms with Gasteiger partial charge in [0.1, 0.15) is 0 Å². The molecule has 1 heterocycles. The smallest absolute Gasteiger partial charge is 0.261 e. The minimum atomic E-state index is -0.392. The molecule has 16 heavy (non-hydrogen) atoms. The number of amides is 2. The van der Waals surface area contributed by atoms with Crippen molar-refractivity contribution in [2.75, 3.05) is 13.2 Å². The van der Waals surface area contributed by atoms with E-state index >= 15 is 0 Å². The third-order valence-corrected chi connectivity index (χ3v) is 2.58. The van der Waals surface area contributed by atoms with Crippen molar-refractivity contribution in [1.82, 2.24) is 4.90 Å². The topological polar surface area (TPSA) is 57.6 Å². The van der Waals surface area contributed by atoms with Gasteiger partial charge in [-0.05, 0) is 19.4 Å². The maximum Gasteiger partial charge on any atom is 0.261 e. The van der Waals surface area contributed by atoms with Crippen molar-refractivity contribution in [3.63, 3.8) is 0 Å². The zero-order chi connectivity index (χ0) is 12.3. The van der Waals surface area contributed by atoms with Gasteiger partial charge >= 0.3 is 0 Å². The molecular formula is C12H15NO3. The Morgan fingerprint density at radius 2 is 2.00 bits per heavy atom. The average Bonchev–Trinajstić information content (AvgIpc) is 2.26. The highest BCUT2D eigenvalue weighted by Crippen LogP contribution is 2.25. The van der Waals surface area contributed by atoms with Crippen molar-refractivity contribution in [2.45, 2.75) is 13.8 Å². The van der Waals surface area contributed by atoms with E-state index in [0.29, 0.717) is 16.7 Å². The fraction of sp³-hybridized carbons (Fsp3) is 0.333. The molecule has 0 saturated heterocycles. The zero-order valence-corrected chi connectivity index (χ0v) is 9.49. The van der Waals surface area contributed by atoms with Crippen LogP contribution in [0.4, 0.5) is 0 Å². The Balaban J connectivity index is 3.30. The second-order valence-corrected chi connectivity index (χ2v) is 3.43. The zero-order valence-electron chi connectivity index (χ0n) is 9.49. The third-order valence-electron chi connectivity index (χ3n) is 2.58. The van der Waals surface area contributed by atoms with Crippen molar-refractivity contribution in [3.8, 4) is 0 Å². The van der Waals surface area contributed by atoms with Gasteiger partial charge in [0.15, 0.2) is 0 Å². The number of rotatable bonds is 3. The monoisotopic (exact) mass is 221 g/mol. The summed E-state index contributed by atoms with van der Waals surface area (Å²) >= 11 is 0. The third kappa shape index (κ3) is 1.84. The fourth-order valence-electron chi connectivity index (χ4n) is 1.73. The molecule has 1 aliphatic rings. The van der Waals surface area contributed by atoms with Gasteiger partial charge in [-0.15, -0.1) is 0 Å². The van der Waals surface area contributed by atoms with E-state index in [4.69, 9.17) is 5.11 Å². The molecule has 0 atom stereocenters. The molecule has 4 heteroatoms. The first-order valence-electron chi connectivity index (χ1n) is 5.05. The van der Waals surface area contributed by atoms with E-state index in [1.807, 2.05) is 0 Å². The number of carbonyl (C=O) groups excluding carboxylic acids is 2. The SMILES string of the molecule is C=CC1=C(C)/C(=C\C)C(=O)N(CCO)C1=O. The van der Waals surface area contributed by atoms with Gasteiger partial charge in [0.05, 0.1) is 13.2 Å². The Morgan fingerprint density at radius 3 is 2.44 bits per heavy atom. The Bertz CT molecular complexity index is 404. The number of nitrogens with zero attached hydrogens (tertiary/aromatic N) is 1. The molecule has 0 spiro atoms. The predicted molar refractivity (Wildman–Crippen MR) is 60.5 cm³/mol. The van der Waals surface area contributed by atoms with Crippen molar-refractivity contribution < 1.29 is 14.7 Å². The lowest BCUT2D eigenvalue weighted by Crippen LogP contribution is -2.44. The number of hydrogen-bond donors (Lipinski definition) is 1. The highest BCUT2D eigenvalue weighted by atomic mass is 16.3. The maximum absolute atomic E-state index is 11.9. The Hall–Kier alpha value is -1.68. The van der Waals surface area contributed by atoms with E-state index in [9.17, 15) is 9.59 Å². The normalized spacial score (nSPS) is 19.7. The summed E-state index contributed by atoms with van der Waals surface area (Å²) in [6.45, 7) is 6.80. The minimum Gasteiger partial charge on any atom is -0.395 e. The fourth-order valence-corrected chi connectivity index (χ4v) is 1.73. The molecule has 0 aliphatic carbocycles. The van der Waals surface area contributed by atoms with Crippen LogP contribution in [0, 0.1) is 0 Å². The average molecular weight is 221 g/mol. The van der Waals surface area contributed by atoms with Crippen LogP contribution in [0.25, 0.3) is 0 Å². The van der Waals surface area contributed by atoms with Crippen LogP contribution >= 0.6 is 0 Å². The summed E-state index contributed by atoms with van der Waals surface area (Å²) in [5.74, 6) is -0.748. The van der Waals surface area contributed by atoms with Gasteiger partial charge in [0, 0.05) is 11.1 Å². The summed E-state index contributed by atoms with van der Waals surface area (Å²) in [6.07, 6.45) is 3.11. The van der Waals surface area contributed by atoms with Crippen LogP contribution in [-0.2, 0) is 9.59 Å². The van der Waals surface area contributed by atoms with Crippen molar-refractivity contribution in [3.05, 3.63) is 35.5 Å². The first-order chi connectivity index (χ1) is 7.58. The van der Waals surface area contributed by atoms with Crippen molar-refractivity contribution in [1.29, 1.82) is 0 Å². The van der Waals surface area contributed by atoms with Crippen molar-refractivity contribution >= 4 is 11.8 Å². The lowest BCUT2D eigenvalue weighted by atomic mass is 9.94. The summed E-state index contributed by atoms with van der Waals surface area (Å²) in [7, 11) is 0. The number of hydrogen-bond acceptors (Lipinski definition) is 3. The molecule has 0 aromatic carbocycles. The van der Waals surface area contributed by atoms with Gasteiger partial charge in [-0.3, -0.25) is 14.5 Å². The molecule has 2 amide bonds. The predicted octanol–water partition coefficient (Wildman–Crippen LogP) is 0.796.